The van der Waals surface area contributed by atoms with E-state index in [1.807, 2.05) is 0 Å². The van der Waals surface area contributed by atoms with Crippen molar-refractivity contribution in [3.63, 3.8) is 0 Å². The molecule has 0 bridgehead atoms. The van der Waals surface area contributed by atoms with Crippen LogP contribution in [0.25, 0.3) is 0 Å². The van der Waals surface area contributed by atoms with Gasteiger partial charge in [0.1, 0.15) is 11.9 Å². The number of hydrogen-bond acceptors (Lipinski definition) is 5. The molecule has 0 saturated heterocycles. The molecule has 0 aliphatic rings. The predicted molar refractivity (Wildman–Crippen MR) is 59.1 cm³/mol. The van der Waals surface area contributed by atoms with Crippen LogP contribution >= 0.6 is 11.6 Å². The third kappa shape index (κ3) is 2.29. The van der Waals surface area contributed by atoms with Crippen molar-refractivity contribution in [3.05, 3.63) is 39.8 Å². The Bertz CT molecular complexity index is 569. The van der Waals surface area contributed by atoms with Crippen molar-refractivity contribution in [1.82, 2.24) is 15.2 Å². The van der Waals surface area contributed by atoms with Crippen LogP contribution in [0.1, 0.15) is 0 Å². The fourth-order valence-corrected chi connectivity index (χ4v) is 1.28. The van der Waals surface area contributed by atoms with E-state index in [1.54, 1.807) is 6.07 Å². The molecule has 0 aliphatic carbocycles. The summed E-state index contributed by atoms with van der Waals surface area (Å²) < 4.78 is 0. The lowest BCUT2D eigenvalue weighted by atomic mass is 10.3. The van der Waals surface area contributed by atoms with Gasteiger partial charge in [-0.3, -0.25) is 9.78 Å². The van der Waals surface area contributed by atoms with Crippen LogP contribution in [0.2, 0.25) is 5.02 Å². The maximum atomic E-state index is 10.9. The normalized spacial score (nSPS) is 10.1. The van der Waals surface area contributed by atoms with Crippen LogP contribution in [0.4, 0.5) is 11.6 Å². The lowest BCUT2D eigenvalue weighted by Gasteiger charge is -2.06. The quantitative estimate of drug-likeness (QED) is 0.686. The van der Waals surface area contributed by atoms with E-state index in [1.165, 1.54) is 12.1 Å². The number of aromatic nitrogens is 3. The van der Waals surface area contributed by atoms with Gasteiger partial charge in [0, 0.05) is 5.02 Å². The van der Waals surface area contributed by atoms with Crippen molar-refractivity contribution in [2.75, 3.05) is 5.32 Å². The number of aromatic amines is 1. The van der Waals surface area contributed by atoms with E-state index in [9.17, 15) is 9.90 Å². The molecule has 0 aliphatic heterocycles. The summed E-state index contributed by atoms with van der Waals surface area (Å²) in [7, 11) is 0. The van der Waals surface area contributed by atoms with Crippen LogP contribution in [0.5, 0.6) is 5.75 Å². The number of nitrogens with one attached hydrogen (secondary N) is 2. The van der Waals surface area contributed by atoms with Crippen LogP contribution in [0, 0.1) is 0 Å². The number of hydrogen-bond donors (Lipinski definition) is 3. The van der Waals surface area contributed by atoms with E-state index in [4.69, 9.17) is 11.6 Å². The second-order valence-electron chi connectivity index (χ2n) is 2.97. The average Bonchev–Trinajstić information content (AvgIpc) is 2.24. The van der Waals surface area contributed by atoms with Gasteiger partial charge in [-0.1, -0.05) is 11.6 Å². The molecule has 7 heteroatoms. The Balaban J connectivity index is 2.33. The van der Waals surface area contributed by atoms with Gasteiger partial charge in [0.2, 0.25) is 5.95 Å². The molecule has 6 nitrogen and oxygen atoms in total. The number of phenolic OH excluding ortho intramolecular Hbond substituents is 1. The van der Waals surface area contributed by atoms with Crippen molar-refractivity contribution >= 4 is 23.2 Å². The zero-order chi connectivity index (χ0) is 11.5. The first-order valence-electron chi connectivity index (χ1n) is 4.33. The summed E-state index contributed by atoms with van der Waals surface area (Å²) in [6.45, 7) is 0. The van der Waals surface area contributed by atoms with Crippen molar-refractivity contribution < 1.29 is 5.11 Å². The van der Waals surface area contributed by atoms with E-state index in [0.717, 1.165) is 6.20 Å². The molecule has 0 radical (unpaired) electrons. The average molecular weight is 239 g/mol. The van der Waals surface area contributed by atoms with Crippen molar-refractivity contribution in [2.45, 2.75) is 0 Å². The number of benzene rings is 1. The van der Waals surface area contributed by atoms with Gasteiger partial charge in [-0.05, 0) is 18.2 Å². The van der Waals surface area contributed by atoms with E-state index in [-0.39, 0.29) is 17.3 Å². The maximum Gasteiger partial charge on any atom is 0.271 e. The van der Waals surface area contributed by atoms with Gasteiger partial charge in [-0.2, -0.15) is 0 Å². The van der Waals surface area contributed by atoms with Crippen molar-refractivity contribution in [2.24, 2.45) is 0 Å². The molecule has 16 heavy (non-hydrogen) atoms. The Hall–Kier alpha value is -2.08. The standard InChI is InChI=1S/C9H7ClN4O2/c10-5-1-2-7(15)6(3-5)12-9-13-8(16)4-11-14-9/h1-4,15H,(H2,12,13,14,16). The highest BCUT2D eigenvalue weighted by atomic mass is 35.5. The van der Waals surface area contributed by atoms with E-state index in [2.05, 4.69) is 20.5 Å². The summed E-state index contributed by atoms with van der Waals surface area (Å²) in [5, 5.41) is 19.7. The number of H-pyrrole nitrogens is 1. The zero-order valence-electron chi connectivity index (χ0n) is 7.94. The Kier molecular flexibility index (Phi) is 2.74. The molecule has 0 saturated carbocycles. The molecule has 2 aromatic rings. The second kappa shape index (κ2) is 4.19. The Morgan fingerprint density at radius 1 is 1.44 bits per heavy atom. The molecule has 2 rings (SSSR count). The summed E-state index contributed by atoms with van der Waals surface area (Å²) in [6.07, 6.45) is 1.04. The van der Waals surface area contributed by atoms with Crippen LogP contribution in [0.15, 0.2) is 29.2 Å². The smallest absolute Gasteiger partial charge is 0.271 e. The molecule has 0 spiro atoms. The van der Waals surface area contributed by atoms with Crippen LogP contribution in [-0.2, 0) is 0 Å². The molecule has 0 unspecified atom stereocenters. The van der Waals surface area contributed by atoms with Gasteiger partial charge >= 0.3 is 0 Å². The summed E-state index contributed by atoms with van der Waals surface area (Å²) in [6, 6.07) is 4.48. The number of rotatable bonds is 2. The SMILES string of the molecule is O=c1cnnc(Nc2cc(Cl)ccc2O)[nH]1. The second-order valence-corrected chi connectivity index (χ2v) is 3.41. The Labute approximate surface area is 94.9 Å². The minimum absolute atomic E-state index is 0.00379. The van der Waals surface area contributed by atoms with Crippen LogP contribution in [-0.4, -0.2) is 20.3 Å². The molecule has 1 aromatic carbocycles. The van der Waals surface area contributed by atoms with Gasteiger partial charge in [0.15, 0.2) is 0 Å². The first-order chi connectivity index (χ1) is 7.65. The van der Waals surface area contributed by atoms with E-state index in [0.29, 0.717) is 10.7 Å². The minimum Gasteiger partial charge on any atom is -0.506 e. The van der Waals surface area contributed by atoms with Crippen LogP contribution in [0.3, 0.4) is 0 Å². The lowest BCUT2D eigenvalue weighted by Crippen LogP contribution is -2.10. The van der Waals surface area contributed by atoms with Gasteiger partial charge in [0.05, 0.1) is 5.69 Å². The third-order valence-corrected chi connectivity index (χ3v) is 2.02. The maximum absolute atomic E-state index is 10.9. The zero-order valence-corrected chi connectivity index (χ0v) is 8.69. The van der Waals surface area contributed by atoms with Gasteiger partial charge in [-0.25, -0.2) is 0 Å². The predicted octanol–water partition coefficient (Wildman–Crippen LogP) is 1.27. The molecular weight excluding hydrogens is 232 g/mol. The molecule has 1 heterocycles. The molecule has 82 valence electrons. The Morgan fingerprint density at radius 3 is 3.00 bits per heavy atom. The van der Waals surface area contributed by atoms with Gasteiger partial charge < -0.3 is 10.4 Å². The molecule has 1 aromatic heterocycles. The molecule has 0 fully saturated rings. The number of halogens is 1. The summed E-state index contributed by atoms with van der Waals surface area (Å²) in [5.41, 5.74) is -0.0531. The highest BCUT2D eigenvalue weighted by Gasteiger charge is 2.03. The number of anilines is 2. The Morgan fingerprint density at radius 2 is 2.25 bits per heavy atom. The molecule has 0 amide bonds. The third-order valence-electron chi connectivity index (χ3n) is 1.79. The fourth-order valence-electron chi connectivity index (χ4n) is 1.11. The molecule has 0 atom stereocenters. The highest BCUT2D eigenvalue weighted by molar-refractivity contribution is 6.30. The van der Waals surface area contributed by atoms with Gasteiger partial charge in [0.25, 0.3) is 5.56 Å². The van der Waals surface area contributed by atoms with Crippen molar-refractivity contribution in [1.29, 1.82) is 0 Å². The first kappa shape index (κ1) is 10.4. The topological polar surface area (TPSA) is 90.9 Å². The first-order valence-corrected chi connectivity index (χ1v) is 4.70. The fraction of sp³-hybridized carbons (Fsp3) is 0. The van der Waals surface area contributed by atoms with Crippen LogP contribution < -0.4 is 10.9 Å². The largest absolute Gasteiger partial charge is 0.506 e. The summed E-state index contributed by atoms with van der Waals surface area (Å²) in [4.78, 5) is 13.4. The lowest BCUT2D eigenvalue weighted by molar-refractivity contribution is 0.477. The van der Waals surface area contributed by atoms with E-state index < -0.39 is 0 Å². The number of phenols is 1. The minimum atomic E-state index is -0.390. The molecule has 3 N–H and O–H groups in total. The van der Waals surface area contributed by atoms with Crippen molar-refractivity contribution in [3.8, 4) is 5.75 Å². The number of aromatic hydroxyl groups is 1. The number of nitrogens with zero attached hydrogens (tertiary/aromatic N) is 2. The highest BCUT2D eigenvalue weighted by Crippen LogP contribution is 2.27. The summed E-state index contributed by atoms with van der Waals surface area (Å²) in [5.74, 6) is 0.126. The molecular formula is C9H7ClN4O2. The monoisotopic (exact) mass is 238 g/mol. The summed E-state index contributed by atoms with van der Waals surface area (Å²) >= 11 is 5.76. The van der Waals surface area contributed by atoms with E-state index >= 15 is 0 Å². The van der Waals surface area contributed by atoms with Gasteiger partial charge in [-0.15, -0.1) is 10.2 Å².